The lowest BCUT2D eigenvalue weighted by atomic mass is 9.80. The van der Waals surface area contributed by atoms with Crippen molar-refractivity contribution in [1.82, 2.24) is 0 Å². The molecule has 1 aliphatic rings. The van der Waals surface area contributed by atoms with Crippen LogP contribution in [0.3, 0.4) is 0 Å². The molecule has 0 amide bonds. The minimum absolute atomic E-state index is 0.572. The van der Waals surface area contributed by atoms with Gasteiger partial charge in [0.05, 0.1) is 11.4 Å². The van der Waals surface area contributed by atoms with Gasteiger partial charge in [-0.1, -0.05) is 153 Å². The first-order valence-corrected chi connectivity index (χ1v) is 21.7. The summed E-state index contributed by atoms with van der Waals surface area (Å²) in [5, 5.41) is 7.20. The Hall–Kier alpha value is -7.36. The highest BCUT2D eigenvalue weighted by Crippen LogP contribution is 2.48. The van der Waals surface area contributed by atoms with Crippen LogP contribution in [-0.2, 0) is 0 Å². The molecule has 2 heterocycles. The maximum atomic E-state index is 6.31. The Kier molecular flexibility index (Phi) is 8.59. The second kappa shape index (κ2) is 14.7. The van der Waals surface area contributed by atoms with Crippen molar-refractivity contribution in [2.45, 2.75) is 38.0 Å². The Labute approximate surface area is 355 Å². The van der Waals surface area contributed by atoms with Gasteiger partial charge in [-0.2, -0.15) is 0 Å². The largest absolute Gasteiger partial charge is 0.456 e. The second-order valence-corrected chi connectivity index (χ2v) is 16.6. The van der Waals surface area contributed by atoms with Crippen molar-refractivity contribution in [3.05, 3.63) is 200 Å². The standard InChI is InChI=1S/C58H43NO2/c1-2-14-39(15-3-1)45-22-12-16-40-17-13-23-50(58(40)45)46-19-5-9-25-53(46)59(43-32-28-38(29-33-43)41-30-34-49-47-20-6-10-26-54(47)61-57(49)37-41)52-24-8-4-18-44(52)42-31-35-56-51(36-42)48-21-7-11-27-55(48)60-56/h4-13,16-37,39H,1-3,14-15H2. The van der Waals surface area contributed by atoms with Crippen LogP contribution in [0.2, 0.25) is 0 Å². The molecule has 2 aromatic heterocycles. The molecule has 9 aromatic carbocycles. The monoisotopic (exact) mass is 785 g/mol. The minimum atomic E-state index is 0.572. The van der Waals surface area contributed by atoms with Gasteiger partial charge in [-0.25, -0.2) is 0 Å². The molecule has 0 atom stereocenters. The number of anilines is 3. The molecule has 292 valence electrons. The van der Waals surface area contributed by atoms with Gasteiger partial charge < -0.3 is 13.7 Å². The molecule has 3 nitrogen and oxygen atoms in total. The van der Waals surface area contributed by atoms with Crippen molar-refractivity contribution in [2.24, 2.45) is 0 Å². The molecule has 0 N–H and O–H groups in total. The number of hydrogen-bond acceptors (Lipinski definition) is 3. The lowest BCUT2D eigenvalue weighted by molar-refractivity contribution is 0.445. The molecule has 0 saturated heterocycles. The van der Waals surface area contributed by atoms with Crippen LogP contribution in [0, 0.1) is 0 Å². The molecule has 3 heteroatoms. The Balaban J connectivity index is 1.05. The van der Waals surface area contributed by atoms with E-state index < -0.39 is 0 Å². The topological polar surface area (TPSA) is 29.5 Å². The summed E-state index contributed by atoms with van der Waals surface area (Å²) < 4.78 is 12.6. The van der Waals surface area contributed by atoms with E-state index in [-0.39, 0.29) is 0 Å². The zero-order valence-electron chi connectivity index (χ0n) is 33.9. The molecule has 11 aromatic rings. The fourth-order valence-corrected chi connectivity index (χ4v) is 10.2. The Morgan fingerprint density at radius 1 is 0.377 bits per heavy atom. The fourth-order valence-electron chi connectivity index (χ4n) is 10.2. The van der Waals surface area contributed by atoms with Crippen molar-refractivity contribution in [3.63, 3.8) is 0 Å². The quantitative estimate of drug-likeness (QED) is 0.161. The summed E-state index contributed by atoms with van der Waals surface area (Å²) in [5.41, 5.74) is 15.4. The molecule has 0 unspecified atom stereocenters. The predicted octanol–water partition coefficient (Wildman–Crippen LogP) is 17.2. The van der Waals surface area contributed by atoms with Crippen LogP contribution in [0.4, 0.5) is 17.1 Å². The van der Waals surface area contributed by atoms with Gasteiger partial charge >= 0.3 is 0 Å². The van der Waals surface area contributed by atoms with E-state index in [4.69, 9.17) is 8.83 Å². The average molecular weight is 786 g/mol. The molecule has 0 radical (unpaired) electrons. The highest BCUT2D eigenvalue weighted by molar-refractivity contribution is 6.08. The molecule has 0 aliphatic heterocycles. The summed E-state index contributed by atoms with van der Waals surface area (Å²) in [6.07, 6.45) is 6.43. The summed E-state index contributed by atoms with van der Waals surface area (Å²) in [7, 11) is 0. The van der Waals surface area contributed by atoms with Gasteiger partial charge in [-0.3, -0.25) is 0 Å². The SMILES string of the molecule is c1ccc(N(c2ccc(-c3ccc4c(c3)oc3ccccc34)cc2)c2ccccc2-c2cccc3cccc(C4CCCCC4)c23)c(-c2ccc3oc4ccccc4c3c2)c1. The van der Waals surface area contributed by atoms with Crippen molar-refractivity contribution in [3.8, 4) is 33.4 Å². The van der Waals surface area contributed by atoms with Gasteiger partial charge in [-0.05, 0) is 118 Å². The van der Waals surface area contributed by atoms with E-state index in [1.165, 1.54) is 59.6 Å². The van der Waals surface area contributed by atoms with Crippen LogP contribution in [0.1, 0.15) is 43.6 Å². The lowest BCUT2D eigenvalue weighted by Gasteiger charge is -2.31. The van der Waals surface area contributed by atoms with E-state index in [0.717, 1.165) is 83.2 Å². The zero-order valence-corrected chi connectivity index (χ0v) is 33.9. The van der Waals surface area contributed by atoms with Crippen LogP contribution in [0.15, 0.2) is 203 Å². The third-order valence-electron chi connectivity index (χ3n) is 13.1. The highest BCUT2D eigenvalue weighted by atomic mass is 16.3. The second-order valence-electron chi connectivity index (χ2n) is 16.6. The van der Waals surface area contributed by atoms with E-state index in [9.17, 15) is 0 Å². The first-order chi connectivity index (χ1) is 30.2. The van der Waals surface area contributed by atoms with Crippen LogP contribution in [0.25, 0.3) is 88.0 Å². The van der Waals surface area contributed by atoms with Crippen molar-refractivity contribution in [2.75, 3.05) is 4.90 Å². The van der Waals surface area contributed by atoms with Crippen molar-refractivity contribution >= 4 is 71.7 Å². The number of fused-ring (bicyclic) bond motifs is 7. The van der Waals surface area contributed by atoms with Crippen LogP contribution in [0.5, 0.6) is 0 Å². The predicted molar refractivity (Wildman–Crippen MR) is 255 cm³/mol. The van der Waals surface area contributed by atoms with E-state index in [2.05, 4.69) is 175 Å². The lowest BCUT2D eigenvalue weighted by Crippen LogP contribution is -2.12. The molecule has 1 aliphatic carbocycles. The number of nitrogens with zero attached hydrogens (tertiary/aromatic N) is 1. The van der Waals surface area contributed by atoms with Gasteiger partial charge in [0.1, 0.15) is 22.3 Å². The normalized spacial score (nSPS) is 13.5. The first-order valence-electron chi connectivity index (χ1n) is 21.7. The maximum absolute atomic E-state index is 6.31. The maximum Gasteiger partial charge on any atom is 0.136 e. The molecule has 1 fully saturated rings. The van der Waals surface area contributed by atoms with Gasteiger partial charge in [0.25, 0.3) is 0 Å². The third kappa shape index (κ3) is 6.11. The molecule has 0 spiro atoms. The van der Waals surface area contributed by atoms with Crippen LogP contribution < -0.4 is 4.90 Å². The molecular formula is C58H43NO2. The summed E-state index contributed by atoms with van der Waals surface area (Å²) in [6, 6.07) is 70.5. The highest BCUT2D eigenvalue weighted by Gasteiger charge is 2.24. The molecule has 61 heavy (non-hydrogen) atoms. The fraction of sp³-hybridized carbons (Fsp3) is 0.103. The summed E-state index contributed by atoms with van der Waals surface area (Å²) in [5.74, 6) is 0.572. The Bertz CT molecular complexity index is 3410. The molecule has 12 rings (SSSR count). The van der Waals surface area contributed by atoms with Gasteiger partial charge in [0, 0.05) is 38.4 Å². The summed E-state index contributed by atoms with van der Waals surface area (Å²) >= 11 is 0. The smallest absolute Gasteiger partial charge is 0.136 e. The van der Waals surface area contributed by atoms with E-state index in [0.29, 0.717) is 5.92 Å². The number of rotatable bonds is 7. The minimum Gasteiger partial charge on any atom is -0.456 e. The van der Waals surface area contributed by atoms with E-state index in [1.807, 2.05) is 24.3 Å². The van der Waals surface area contributed by atoms with Gasteiger partial charge in [-0.15, -0.1) is 0 Å². The van der Waals surface area contributed by atoms with E-state index in [1.54, 1.807) is 0 Å². The van der Waals surface area contributed by atoms with Crippen LogP contribution in [-0.4, -0.2) is 0 Å². The van der Waals surface area contributed by atoms with Gasteiger partial charge in [0.2, 0.25) is 0 Å². The number of furan rings is 2. The number of hydrogen-bond donors (Lipinski definition) is 0. The average Bonchev–Trinajstić information content (AvgIpc) is 3.90. The number of benzene rings is 9. The third-order valence-corrected chi connectivity index (χ3v) is 13.1. The van der Waals surface area contributed by atoms with Gasteiger partial charge in [0.15, 0.2) is 0 Å². The molecule has 1 saturated carbocycles. The molecule has 0 bridgehead atoms. The van der Waals surface area contributed by atoms with E-state index >= 15 is 0 Å². The van der Waals surface area contributed by atoms with Crippen molar-refractivity contribution in [1.29, 1.82) is 0 Å². The Morgan fingerprint density at radius 3 is 1.74 bits per heavy atom. The Morgan fingerprint density at radius 2 is 0.951 bits per heavy atom. The summed E-state index contributed by atoms with van der Waals surface area (Å²) in [6.45, 7) is 0. The number of para-hydroxylation sites is 4. The van der Waals surface area contributed by atoms with Crippen LogP contribution >= 0.6 is 0 Å². The molecular weight excluding hydrogens is 743 g/mol. The van der Waals surface area contributed by atoms with Crippen molar-refractivity contribution < 1.29 is 8.83 Å². The first kappa shape index (κ1) is 35.6. The zero-order chi connectivity index (χ0) is 40.3. The summed E-state index contributed by atoms with van der Waals surface area (Å²) in [4.78, 5) is 2.47.